The average Bonchev–Trinajstić information content (AvgIpc) is 3.69. The number of alkyl carbamates (subject to hydrolysis) is 1. The van der Waals surface area contributed by atoms with Crippen LogP contribution in [-0.4, -0.2) is 93.2 Å². The summed E-state index contributed by atoms with van der Waals surface area (Å²) >= 11 is 6.69. The Morgan fingerprint density at radius 2 is 2.00 bits per heavy atom. The quantitative estimate of drug-likeness (QED) is 0.321. The van der Waals surface area contributed by atoms with Gasteiger partial charge >= 0.3 is 12.1 Å². The summed E-state index contributed by atoms with van der Waals surface area (Å²) in [5, 5.41) is 17.2. The van der Waals surface area contributed by atoms with Crippen LogP contribution >= 0.6 is 11.6 Å². The Hall–Kier alpha value is -3.16. The lowest BCUT2D eigenvalue weighted by molar-refractivity contribution is -0.155. The molecule has 0 radical (unpaired) electrons. The number of hydrogen-bond donors (Lipinski definition) is 3. The highest BCUT2D eigenvalue weighted by Crippen LogP contribution is 2.49. The first kappa shape index (κ1) is 34.7. The van der Waals surface area contributed by atoms with Gasteiger partial charge in [-0.3, -0.25) is 14.9 Å². The molecule has 0 aromatic heterocycles. The molecule has 3 heterocycles. The van der Waals surface area contributed by atoms with Crippen LogP contribution in [0.15, 0.2) is 35.9 Å². The number of allylic oxidation sites excluding steroid dienone is 3. The summed E-state index contributed by atoms with van der Waals surface area (Å²) < 4.78 is 28.8. The molecule has 1 aromatic carbocycles. The van der Waals surface area contributed by atoms with Crippen LogP contribution < -0.4 is 20.3 Å². The minimum atomic E-state index is -1.78. The number of amides is 2. The monoisotopic (exact) mass is 649 g/mol. The number of epoxide rings is 1. The zero-order chi connectivity index (χ0) is 33.3. The van der Waals surface area contributed by atoms with E-state index in [-0.39, 0.29) is 23.8 Å². The Morgan fingerprint density at radius 3 is 2.64 bits per heavy atom. The molecular formula is C32H44ClN3O9. The maximum Gasteiger partial charge on any atom is 0.409 e. The highest BCUT2D eigenvalue weighted by Gasteiger charge is 2.64. The third kappa shape index (κ3) is 7.30. The fourth-order valence-electron chi connectivity index (χ4n) is 5.97. The van der Waals surface area contributed by atoms with Crippen molar-refractivity contribution in [3.63, 3.8) is 0 Å². The summed E-state index contributed by atoms with van der Waals surface area (Å²) in [4.78, 5) is 40.9. The van der Waals surface area contributed by atoms with Gasteiger partial charge in [0, 0.05) is 26.5 Å². The number of ether oxygens (including phenoxy) is 5. The predicted octanol–water partition coefficient (Wildman–Crippen LogP) is 3.28. The van der Waals surface area contributed by atoms with Gasteiger partial charge in [-0.25, -0.2) is 4.79 Å². The topological polar surface area (TPSA) is 148 Å². The van der Waals surface area contributed by atoms with Crippen molar-refractivity contribution in [1.29, 1.82) is 0 Å². The molecular weight excluding hydrogens is 606 g/mol. The van der Waals surface area contributed by atoms with Gasteiger partial charge in [0.2, 0.25) is 5.91 Å². The normalized spacial score (nSPS) is 34.8. The van der Waals surface area contributed by atoms with Gasteiger partial charge in [0.15, 0.2) is 5.72 Å². The van der Waals surface area contributed by atoms with Crippen LogP contribution in [0.25, 0.3) is 0 Å². The number of fused-ring (bicyclic) bond motifs is 5. The van der Waals surface area contributed by atoms with Crippen LogP contribution in [0.2, 0.25) is 5.02 Å². The van der Waals surface area contributed by atoms with Gasteiger partial charge in [-0.05, 0) is 51.9 Å². The number of nitrogens with one attached hydrogen (secondary N) is 2. The van der Waals surface area contributed by atoms with Crippen LogP contribution in [0.4, 0.5) is 10.5 Å². The maximum atomic E-state index is 13.8. The van der Waals surface area contributed by atoms with Gasteiger partial charge in [0.25, 0.3) is 0 Å². The summed E-state index contributed by atoms with van der Waals surface area (Å²) in [6.07, 6.45) is 1.52. The molecule has 2 saturated heterocycles. The lowest BCUT2D eigenvalue weighted by Gasteiger charge is -2.42. The Labute approximate surface area is 269 Å². The van der Waals surface area contributed by atoms with E-state index < -0.39 is 59.8 Å². The van der Waals surface area contributed by atoms with E-state index in [0.29, 0.717) is 17.9 Å². The molecule has 0 spiro atoms. The second-order valence-corrected chi connectivity index (χ2v) is 12.6. The fourth-order valence-corrected chi connectivity index (χ4v) is 6.28. The van der Waals surface area contributed by atoms with E-state index in [0.717, 1.165) is 11.1 Å². The highest BCUT2D eigenvalue weighted by molar-refractivity contribution is 6.35. The number of rotatable bonds is 5. The first-order chi connectivity index (χ1) is 21.2. The van der Waals surface area contributed by atoms with Gasteiger partial charge < -0.3 is 39.0 Å². The van der Waals surface area contributed by atoms with Gasteiger partial charge in [-0.1, -0.05) is 42.3 Å². The predicted molar refractivity (Wildman–Crippen MR) is 167 cm³/mol. The molecule has 12 nitrogen and oxygen atoms in total. The number of hydrogen-bond acceptors (Lipinski definition) is 10. The molecule has 8 atom stereocenters. The molecule has 45 heavy (non-hydrogen) atoms. The number of benzene rings is 1. The van der Waals surface area contributed by atoms with Crippen molar-refractivity contribution < 1.29 is 43.2 Å². The van der Waals surface area contributed by atoms with Crippen LogP contribution in [0.5, 0.6) is 5.75 Å². The van der Waals surface area contributed by atoms with Crippen molar-refractivity contribution in [2.24, 2.45) is 5.92 Å². The Bertz CT molecular complexity index is 1370. The molecule has 1 aromatic rings. The second-order valence-electron chi connectivity index (χ2n) is 12.2. The van der Waals surface area contributed by atoms with E-state index in [9.17, 15) is 19.5 Å². The van der Waals surface area contributed by atoms with E-state index in [1.54, 1.807) is 46.2 Å². The first-order valence-electron chi connectivity index (χ1n) is 14.9. The molecule has 4 bridgehead atoms. The zero-order valence-electron chi connectivity index (χ0n) is 27.0. The first-order valence-corrected chi connectivity index (χ1v) is 15.3. The average molecular weight is 650 g/mol. The van der Waals surface area contributed by atoms with E-state index in [2.05, 4.69) is 10.6 Å². The molecule has 4 rings (SSSR count). The summed E-state index contributed by atoms with van der Waals surface area (Å²) in [5.41, 5.74) is -0.646. The standard InChI is InChI=1S/C32H44ClN3O9/c1-17-10-9-11-24(42-8)32(40)16-23(43-30(39)35-32)18(2)28-31(4,45-28)25(44-29(38)19(3)34-5)15-26(37)36(6)21-13-20(12-17)14-22(41-7)27(21)33/h9-11,13-14,18-19,23-25,28,34,40H,12,15-16H2,1-8H3,(H,35,39)/b11-9+,17-10+/t18-,19?,23+,24+,25-,28+,31-,32+/m1/s1. The summed E-state index contributed by atoms with van der Waals surface area (Å²) in [7, 11) is 6.18. The number of aliphatic hydroxyl groups is 1. The van der Waals surface area contributed by atoms with Gasteiger partial charge in [0.1, 0.15) is 40.7 Å². The second kappa shape index (κ2) is 13.7. The molecule has 3 N–H and O–H groups in total. The zero-order valence-corrected chi connectivity index (χ0v) is 27.8. The highest BCUT2D eigenvalue weighted by atomic mass is 35.5. The van der Waals surface area contributed by atoms with E-state index in [1.807, 2.05) is 26.0 Å². The number of carbonyl (C=O) groups is 3. The van der Waals surface area contributed by atoms with Crippen molar-refractivity contribution in [2.45, 2.75) is 88.7 Å². The number of methoxy groups -OCH3 is 2. The molecule has 248 valence electrons. The van der Waals surface area contributed by atoms with E-state index >= 15 is 0 Å². The molecule has 0 saturated carbocycles. The summed E-state index contributed by atoms with van der Waals surface area (Å²) in [6.45, 7) is 7.17. The SMILES string of the molecule is CNC(C)C(=O)O[C@@H]1CC(=O)N(C)c2cc(cc(OC)c2Cl)C/C(C)=C/C=C/[C@H](OC)[C@@]2(O)C[C@H](OC(=O)N2)[C@@H](C)[C@@H]2O[C@]12C. The minimum Gasteiger partial charge on any atom is -0.495 e. The Balaban J connectivity index is 1.80. The van der Waals surface area contributed by atoms with E-state index in [1.165, 1.54) is 19.1 Å². The number of carbonyl (C=O) groups excluding carboxylic acids is 3. The smallest absolute Gasteiger partial charge is 0.409 e. The number of esters is 1. The lowest BCUT2D eigenvalue weighted by atomic mass is 9.83. The number of anilines is 1. The third-order valence-electron chi connectivity index (χ3n) is 9.00. The van der Waals surface area contributed by atoms with E-state index in [4.69, 9.17) is 35.3 Å². The Kier molecular flexibility index (Phi) is 10.6. The number of nitrogens with zero attached hydrogens (tertiary/aromatic N) is 1. The molecule has 3 aliphatic rings. The van der Waals surface area contributed by atoms with Gasteiger partial charge in [0.05, 0.1) is 25.3 Å². The Morgan fingerprint density at radius 1 is 1.29 bits per heavy atom. The largest absolute Gasteiger partial charge is 0.495 e. The molecule has 2 fully saturated rings. The van der Waals surface area contributed by atoms with Crippen molar-refractivity contribution in [2.75, 3.05) is 33.2 Å². The van der Waals surface area contributed by atoms with Crippen molar-refractivity contribution in [1.82, 2.24) is 10.6 Å². The van der Waals surface area contributed by atoms with Crippen molar-refractivity contribution >= 4 is 35.3 Å². The molecule has 0 aliphatic carbocycles. The van der Waals surface area contributed by atoms with Gasteiger partial charge in [-0.15, -0.1) is 0 Å². The molecule has 3 aliphatic heterocycles. The van der Waals surface area contributed by atoms with Gasteiger partial charge in [-0.2, -0.15) is 0 Å². The lowest BCUT2D eigenvalue weighted by Crippen LogP contribution is -2.63. The third-order valence-corrected chi connectivity index (χ3v) is 9.38. The number of likely N-dealkylation sites (N-methyl/N-ethyl adjacent to an activating group) is 1. The molecule has 13 heteroatoms. The summed E-state index contributed by atoms with van der Waals surface area (Å²) in [6, 6.07) is 2.99. The molecule has 2 amide bonds. The van der Waals surface area contributed by atoms with Crippen LogP contribution in [0.3, 0.4) is 0 Å². The van der Waals surface area contributed by atoms with Crippen LogP contribution in [0.1, 0.15) is 46.1 Å². The minimum absolute atomic E-state index is 0.00553. The summed E-state index contributed by atoms with van der Waals surface area (Å²) in [5.74, 6) is -0.974. The van der Waals surface area contributed by atoms with Crippen molar-refractivity contribution in [3.8, 4) is 5.75 Å². The van der Waals surface area contributed by atoms with Crippen molar-refractivity contribution in [3.05, 3.63) is 46.5 Å². The number of halogens is 1. The maximum absolute atomic E-state index is 13.8. The fraction of sp³-hybridized carbons (Fsp3) is 0.594. The van der Waals surface area contributed by atoms with Crippen LogP contribution in [-0.2, 0) is 35.0 Å². The van der Waals surface area contributed by atoms with Crippen LogP contribution in [0, 0.1) is 5.92 Å². The molecule has 1 unspecified atom stereocenters.